The summed E-state index contributed by atoms with van der Waals surface area (Å²) in [6.07, 6.45) is 0.947. The second-order valence-corrected chi connectivity index (χ2v) is 6.79. The number of amides is 2. The van der Waals surface area contributed by atoms with Crippen molar-refractivity contribution in [3.05, 3.63) is 0 Å². The molecule has 0 aromatic rings. The van der Waals surface area contributed by atoms with Crippen molar-refractivity contribution in [3.63, 3.8) is 0 Å². The highest BCUT2D eigenvalue weighted by Crippen LogP contribution is 2.11. The maximum atomic E-state index is 12.0. The van der Waals surface area contributed by atoms with Crippen molar-refractivity contribution in [2.24, 2.45) is 10.7 Å². The summed E-state index contributed by atoms with van der Waals surface area (Å²) in [5, 5.41) is 2.80. The molecule has 0 aromatic heterocycles. The van der Waals surface area contributed by atoms with Gasteiger partial charge >= 0.3 is 6.09 Å². The quantitative estimate of drug-likeness (QED) is 0.360. The van der Waals surface area contributed by atoms with Crippen LogP contribution in [0.25, 0.3) is 0 Å². The van der Waals surface area contributed by atoms with Gasteiger partial charge in [-0.2, -0.15) is 0 Å². The SMILES string of the molecule is CCCNC(=O)CCN=C(N)N1CCN(C(=O)OC(C)(C)C)CC1.I. The predicted molar refractivity (Wildman–Crippen MR) is 109 cm³/mol. The number of nitrogens with two attached hydrogens (primary N) is 1. The van der Waals surface area contributed by atoms with E-state index in [-0.39, 0.29) is 36.0 Å². The molecule has 146 valence electrons. The minimum Gasteiger partial charge on any atom is -0.444 e. The predicted octanol–water partition coefficient (Wildman–Crippen LogP) is 1.39. The molecule has 3 N–H and O–H groups in total. The average Bonchev–Trinajstić information content (AvgIpc) is 2.51. The number of halogens is 1. The van der Waals surface area contributed by atoms with Crippen molar-refractivity contribution in [1.82, 2.24) is 15.1 Å². The Balaban J connectivity index is 0.00000576. The van der Waals surface area contributed by atoms with Crippen LogP contribution in [-0.2, 0) is 9.53 Å². The van der Waals surface area contributed by atoms with E-state index in [1.807, 2.05) is 32.6 Å². The molecule has 1 heterocycles. The van der Waals surface area contributed by atoms with Gasteiger partial charge in [0, 0.05) is 39.1 Å². The van der Waals surface area contributed by atoms with E-state index in [1.54, 1.807) is 4.90 Å². The molecule has 8 nitrogen and oxygen atoms in total. The lowest BCUT2D eigenvalue weighted by Crippen LogP contribution is -2.53. The fraction of sp³-hybridized carbons (Fsp3) is 0.812. The second-order valence-electron chi connectivity index (χ2n) is 6.79. The monoisotopic (exact) mass is 469 g/mol. The van der Waals surface area contributed by atoms with Gasteiger partial charge in [0.15, 0.2) is 5.96 Å². The van der Waals surface area contributed by atoms with Gasteiger partial charge in [0.1, 0.15) is 5.60 Å². The molecule has 0 aliphatic carbocycles. The maximum Gasteiger partial charge on any atom is 0.410 e. The van der Waals surface area contributed by atoms with E-state index in [0.29, 0.717) is 51.6 Å². The molecule has 0 radical (unpaired) electrons. The smallest absolute Gasteiger partial charge is 0.410 e. The van der Waals surface area contributed by atoms with Crippen LogP contribution in [0.2, 0.25) is 0 Å². The molecular formula is C16H32IN5O3. The van der Waals surface area contributed by atoms with Crippen LogP contribution in [0.15, 0.2) is 4.99 Å². The van der Waals surface area contributed by atoms with Crippen molar-refractivity contribution in [2.45, 2.75) is 46.1 Å². The third-order valence-electron chi connectivity index (χ3n) is 3.44. The number of hydrogen-bond donors (Lipinski definition) is 2. The van der Waals surface area contributed by atoms with Gasteiger partial charge in [-0.15, -0.1) is 24.0 Å². The summed E-state index contributed by atoms with van der Waals surface area (Å²) < 4.78 is 5.36. The number of nitrogens with one attached hydrogen (secondary N) is 1. The number of rotatable bonds is 5. The van der Waals surface area contributed by atoms with Gasteiger partial charge < -0.3 is 25.6 Å². The molecule has 25 heavy (non-hydrogen) atoms. The average molecular weight is 469 g/mol. The lowest BCUT2D eigenvalue weighted by Gasteiger charge is -2.36. The molecule has 0 bridgehead atoms. The number of ether oxygens (including phenoxy) is 1. The molecule has 0 saturated carbocycles. The van der Waals surface area contributed by atoms with Crippen LogP contribution in [0.3, 0.4) is 0 Å². The van der Waals surface area contributed by atoms with E-state index in [1.165, 1.54) is 0 Å². The molecule has 0 aromatic carbocycles. The van der Waals surface area contributed by atoms with Gasteiger partial charge in [0.25, 0.3) is 0 Å². The number of carbonyl (C=O) groups is 2. The van der Waals surface area contributed by atoms with Gasteiger partial charge in [0.05, 0.1) is 6.54 Å². The Bertz CT molecular complexity index is 457. The molecule has 1 aliphatic rings. The van der Waals surface area contributed by atoms with E-state index >= 15 is 0 Å². The molecule has 1 fully saturated rings. The highest BCUT2D eigenvalue weighted by atomic mass is 127. The lowest BCUT2D eigenvalue weighted by molar-refractivity contribution is -0.120. The van der Waals surface area contributed by atoms with Gasteiger partial charge in [-0.25, -0.2) is 4.79 Å². The number of carbonyl (C=O) groups excluding carboxylic acids is 2. The molecule has 9 heteroatoms. The van der Waals surface area contributed by atoms with E-state index in [9.17, 15) is 9.59 Å². The third-order valence-corrected chi connectivity index (χ3v) is 3.44. The molecule has 1 rings (SSSR count). The number of nitrogens with zero attached hydrogens (tertiary/aromatic N) is 3. The van der Waals surface area contributed by atoms with Crippen LogP contribution in [-0.4, -0.2) is 72.6 Å². The summed E-state index contributed by atoms with van der Waals surface area (Å²) in [5.74, 6) is 0.408. The van der Waals surface area contributed by atoms with Crippen molar-refractivity contribution in [2.75, 3.05) is 39.3 Å². The number of aliphatic imine (C=N–C) groups is 1. The van der Waals surface area contributed by atoms with Crippen LogP contribution < -0.4 is 11.1 Å². The Kier molecular flexibility index (Phi) is 10.8. The molecule has 1 saturated heterocycles. The van der Waals surface area contributed by atoms with E-state index < -0.39 is 5.60 Å². The number of guanidine groups is 1. The summed E-state index contributed by atoms with van der Waals surface area (Å²) >= 11 is 0. The fourth-order valence-corrected chi connectivity index (χ4v) is 2.17. The zero-order chi connectivity index (χ0) is 18.2. The first-order chi connectivity index (χ1) is 11.2. The van der Waals surface area contributed by atoms with Gasteiger partial charge in [-0.3, -0.25) is 9.79 Å². The van der Waals surface area contributed by atoms with E-state index in [0.717, 1.165) is 6.42 Å². The summed E-state index contributed by atoms with van der Waals surface area (Å²) in [5.41, 5.74) is 5.47. The van der Waals surface area contributed by atoms with E-state index in [4.69, 9.17) is 10.5 Å². The number of hydrogen-bond acceptors (Lipinski definition) is 4. The molecule has 0 atom stereocenters. The van der Waals surface area contributed by atoms with Gasteiger partial charge in [0.2, 0.25) is 5.91 Å². The van der Waals surface area contributed by atoms with Gasteiger partial charge in [-0.05, 0) is 27.2 Å². The Labute approximate surface area is 167 Å². The molecule has 0 unspecified atom stereocenters. The first kappa shape index (κ1) is 23.7. The maximum absolute atomic E-state index is 12.0. The highest BCUT2D eigenvalue weighted by molar-refractivity contribution is 14.0. The van der Waals surface area contributed by atoms with Crippen LogP contribution >= 0.6 is 24.0 Å². The lowest BCUT2D eigenvalue weighted by atomic mass is 10.2. The largest absolute Gasteiger partial charge is 0.444 e. The van der Waals surface area contributed by atoms with Crippen molar-refractivity contribution >= 4 is 41.9 Å². The fourth-order valence-electron chi connectivity index (χ4n) is 2.17. The van der Waals surface area contributed by atoms with Crippen LogP contribution in [0, 0.1) is 0 Å². The second kappa shape index (κ2) is 11.4. The summed E-state index contributed by atoms with van der Waals surface area (Å²) in [4.78, 5) is 31.3. The molecule has 2 amide bonds. The Hall–Kier alpha value is -1.26. The zero-order valence-electron chi connectivity index (χ0n) is 15.7. The number of piperazine rings is 1. The van der Waals surface area contributed by atoms with Crippen LogP contribution in [0.1, 0.15) is 40.5 Å². The van der Waals surface area contributed by atoms with Crippen molar-refractivity contribution < 1.29 is 14.3 Å². The zero-order valence-corrected chi connectivity index (χ0v) is 18.0. The first-order valence-electron chi connectivity index (χ1n) is 8.52. The van der Waals surface area contributed by atoms with Crippen LogP contribution in [0.4, 0.5) is 4.79 Å². The minimum absolute atomic E-state index is 0. The molecule has 0 spiro atoms. The Morgan fingerprint density at radius 2 is 1.72 bits per heavy atom. The molecule has 1 aliphatic heterocycles. The summed E-state index contributed by atoms with van der Waals surface area (Å²) in [6, 6.07) is 0. The molecular weight excluding hydrogens is 437 g/mol. The van der Waals surface area contributed by atoms with Crippen molar-refractivity contribution in [1.29, 1.82) is 0 Å². The topological polar surface area (TPSA) is 100 Å². The highest BCUT2D eigenvalue weighted by Gasteiger charge is 2.26. The van der Waals surface area contributed by atoms with E-state index in [2.05, 4.69) is 10.3 Å². The Morgan fingerprint density at radius 3 is 2.24 bits per heavy atom. The van der Waals surface area contributed by atoms with Gasteiger partial charge in [-0.1, -0.05) is 6.92 Å². The minimum atomic E-state index is -0.493. The van der Waals surface area contributed by atoms with Crippen molar-refractivity contribution in [3.8, 4) is 0 Å². The van der Waals surface area contributed by atoms with Crippen LogP contribution in [0.5, 0.6) is 0 Å². The summed E-state index contributed by atoms with van der Waals surface area (Å²) in [7, 11) is 0. The summed E-state index contributed by atoms with van der Waals surface area (Å²) in [6.45, 7) is 10.9. The third kappa shape index (κ3) is 9.71. The standard InChI is InChI=1S/C16H31N5O3.HI/c1-5-7-18-13(22)6-8-19-14(17)20-9-11-21(12-10-20)15(23)24-16(2,3)4;/h5-12H2,1-4H3,(H2,17,19)(H,18,22);1H. The normalized spacial score (nSPS) is 15.4. The first-order valence-corrected chi connectivity index (χ1v) is 8.52. The Morgan fingerprint density at radius 1 is 1.16 bits per heavy atom.